The Balaban J connectivity index is 2.10. The van der Waals surface area contributed by atoms with Crippen LogP contribution < -0.4 is 10.6 Å². The van der Waals surface area contributed by atoms with Gasteiger partial charge >= 0.3 is 5.97 Å². The molecule has 0 aromatic heterocycles. The molecule has 0 saturated carbocycles. The predicted molar refractivity (Wildman–Crippen MR) is 86.1 cm³/mol. The van der Waals surface area contributed by atoms with Crippen molar-refractivity contribution < 1.29 is 19.5 Å². The molecule has 2 amide bonds. The lowest BCUT2D eigenvalue weighted by Gasteiger charge is -2.24. The average molecular weight is 316 g/mol. The van der Waals surface area contributed by atoms with Crippen LogP contribution in [0.15, 0.2) is 36.4 Å². The first-order valence-electron chi connectivity index (χ1n) is 7.60. The van der Waals surface area contributed by atoms with Gasteiger partial charge in [-0.1, -0.05) is 18.2 Å². The smallest absolute Gasteiger partial charge is 0.307 e. The van der Waals surface area contributed by atoms with Crippen molar-refractivity contribution in [3.05, 3.63) is 42.0 Å². The van der Waals surface area contributed by atoms with E-state index in [1.165, 1.54) is 0 Å². The number of aliphatic carboxylic acids is 1. The number of carboxylic acid groups (broad SMARTS) is 1. The minimum absolute atomic E-state index is 0.215. The SMILES string of the molecule is CCNC(=O)c1cccc(NC(=O)[C@H]2CC=CC[C@@H]2C(=O)O)c1. The highest BCUT2D eigenvalue weighted by Gasteiger charge is 2.33. The van der Waals surface area contributed by atoms with Crippen molar-refractivity contribution in [2.24, 2.45) is 11.8 Å². The molecular weight excluding hydrogens is 296 g/mol. The molecule has 0 spiro atoms. The zero-order valence-electron chi connectivity index (χ0n) is 12.9. The lowest BCUT2D eigenvalue weighted by molar-refractivity contribution is -0.146. The number of carboxylic acids is 1. The van der Waals surface area contributed by atoms with Crippen LogP contribution in [0.5, 0.6) is 0 Å². The second-order valence-electron chi connectivity index (χ2n) is 5.42. The van der Waals surface area contributed by atoms with Crippen molar-refractivity contribution in [3.63, 3.8) is 0 Å². The van der Waals surface area contributed by atoms with E-state index >= 15 is 0 Å². The van der Waals surface area contributed by atoms with Crippen LogP contribution in [0.25, 0.3) is 0 Å². The number of benzene rings is 1. The number of allylic oxidation sites excluding steroid dienone is 2. The molecule has 2 atom stereocenters. The molecule has 2 rings (SSSR count). The third-order valence-electron chi connectivity index (χ3n) is 3.82. The Morgan fingerprint density at radius 2 is 1.87 bits per heavy atom. The molecule has 1 aliphatic rings. The maximum atomic E-state index is 12.4. The molecule has 0 saturated heterocycles. The molecule has 122 valence electrons. The van der Waals surface area contributed by atoms with Crippen LogP contribution in [0, 0.1) is 11.8 Å². The fourth-order valence-corrected chi connectivity index (χ4v) is 2.61. The summed E-state index contributed by atoms with van der Waals surface area (Å²) in [7, 11) is 0. The molecule has 0 heterocycles. The Bertz CT molecular complexity index is 639. The number of rotatable bonds is 5. The molecule has 23 heavy (non-hydrogen) atoms. The first kappa shape index (κ1) is 16.7. The normalized spacial score (nSPS) is 19.9. The van der Waals surface area contributed by atoms with Gasteiger partial charge in [-0.05, 0) is 38.0 Å². The van der Waals surface area contributed by atoms with Crippen molar-refractivity contribution in [3.8, 4) is 0 Å². The lowest BCUT2D eigenvalue weighted by Crippen LogP contribution is -2.34. The first-order valence-corrected chi connectivity index (χ1v) is 7.60. The predicted octanol–water partition coefficient (Wildman–Crippen LogP) is 2.04. The van der Waals surface area contributed by atoms with E-state index in [2.05, 4.69) is 10.6 Å². The van der Waals surface area contributed by atoms with Gasteiger partial charge in [0.15, 0.2) is 0 Å². The Labute approximate surface area is 134 Å². The van der Waals surface area contributed by atoms with Gasteiger partial charge in [-0.3, -0.25) is 14.4 Å². The monoisotopic (exact) mass is 316 g/mol. The van der Waals surface area contributed by atoms with Gasteiger partial charge in [0.25, 0.3) is 5.91 Å². The maximum Gasteiger partial charge on any atom is 0.307 e. The van der Waals surface area contributed by atoms with E-state index in [0.29, 0.717) is 30.6 Å². The summed E-state index contributed by atoms with van der Waals surface area (Å²) in [6.07, 6.45) is 4.37. The molecule has 1 aromatic carbocycles. The molecule has 3 N–H and O–H groups in total. The summed E-state index contributed by atoms with van der Waals surface area (Å²) < 4.78 is 0. The first-order chi connectivity index (χ1) is 11.0. The van der Waals surface area contributed by atoms with E-state index in [1.807, 2.05) is 13.0 Å². The summed E-state index contributed by atoms with van der Waals surface area (Å²) in [4.78, 5) is 35.5. The van der Waals surface area contributed by atoms with E-state index < -0.39 is 17.8 Å². The number of carbonyl (C=O) groups excluding carboxylic acids is 2. The number of carbonyl (C=O) groups is 3. The van der Waals surface area contributed by atoms with Crippen molar-refractivity contribution >= 4 is 23.5 Å². The molecule has 0 aliphatic heterocycles. The average Bonchev–Trinajstić information content (AvgIpc) is 2.55. The highest BCUT2D eigenvalue weighted by Crippen LogP contribution is 2.27. The van der Waals surface area contributed by atoms with Gasteiger partial charge in [-0.2, -0.15) is 0 Å². The Morgan fingerprint density at radius 3 is 2.52 bits per heavy atom. The van der Waals surface area contributed by atoms with Gasteiger partial charge < -0.3 is 15.7 Å². The van der Waals surface area contributed by atoms with E-state index in [1.54, 1.807) is 30.3 Å². The fourth-order valence-electron chi connectivity index (χ4n) is 2.61. The van der Waals surface area contributed by atoms with Crippen LogP contribution in [-0.4, -0.2) is 29.4 Å². The molecule has 1 aliphatic carbocycles. The largest absolute Gasteiger partial charge is 0.481 e. The maximum absolute atomic E-state index is 12.4. The van der Waals surface area contributed by atoms with Crippen molar-refractivity contribution in [2.45, 2.75) is 19.8 Å². The highest BCUT2D eigenvalue weighted by molar-refractivity contribution is 5.98. The molecule has 0 unspecified atom stereocenters. The van der Waals surface area contributed by atoms with Crippen LogP contribution in [0.2, 0.25) is 0 Å². The van der Waals surface area contributed by atoms with Crippen LogP contribution in [0.1, 0.15) is 30.1 Å². The van der Waals surface area contributed by atoms with Gasteiger partial charge in [0.1, 0.15) is 0 Å². The molecule has 0 bridgehead atoms. The Morgan fingerprint density at radius 1 is 1.17 bits per heavy atom. The van der Waals surface area contributed by atoms with Gasteiger partial charge in [-0.15, -0.1) is 0 Å². The van der Waals surface area contributed by atoms with Crippen LogP contribution in [0.3, 0.4) is 0 Å². The summed E-state index contributed by atoms with van der Waals surface area (Å²) in [5.41, 5.74) is 0.931. The van der Waals surface area contributed by atoms with Gasteiger partial charge in [0.2, 0.25) is 5.91 Å². The van der Waals surface area contributed by atoms with Crippen molar-refractivity contribution in [1.29, 1.82) is 0 Å². The molecule has 6 heteroatoms. The molecule has 1 aromatic rings. The summed E-state index contributed by atoms with van der Waals surface area (Å²) in [6.45, 7) is 2.34. The van der Waals surface area contributed by atoms with Crippen molar-refractivity contribution in [1.82, 2.24) is 5.32 Å². The summed E-state index contributed by atoms with van der Waals surface area (Å²) in [5, 5.41) is 14.6. The van der Waals surface area contributed by atoms with Crippen LogP contribution in [-0.2, 0) is 9.59 Å². The lowest BCUT2D eigenvalue weighted by atomic mass is 9.82. The fraction of sp³-hybridized carbons (Fsp3) is 0.353. The quantitative estimate of drug-likeness (QED) is 0.724. The number of nitrogens with one attached hydrogen (secondary N) is 2. The van der Waals surface area contributed by atoms with E-state index in [4.69, 9.17) is 0 Å². The Kier molecular flexibility index (Phi) is 5.51. The van der Waals surface area contributed by atoms with E-state index in [-0.39, 0.29) is 11.8 Å². The zero-order chi connectivity index (χ0) is 16.8. The third kappa shape index (κ3) is 4.18. The van der Waals surface area contributed by atoms with E-state index in [0.717, 1.165) is 0 Å². The van der Waals surface area contributed by atoms with Gasteiger partial charge in [0.05, 0.1) is 11.8 Å². The minimum Gasteiger partial charge on any atom is -0.481 e. The molecule has 6 nitrogen and oxygen atoms in total. The second-order valence-corrected chi connectivity index (χ2v) is 5.42. The summed E-state index contributed by atoms with van der Waals surface area (Å²) in [5.74, 6) is -2.84. The molecular formula is C17H20N2O4. The number of amides is 2. The van der Waals surface area contributed by atoms with Gasteiger partial charge in [-0.25, -0.2) is 0 Å². The summed E-state index contributed by atoms with van der Waals surface area (Å²) >= 11 is 0. The van der Waals surface area contributed by atoms with Crippen molar-refractivity contribution in [2.75, 3.05) is 11.9 Å². The van der Waals surface area contributed by atoms with Crippen LogP contribution >= 0.6 is 0 Å². The van der Waals surface area contributed by atoms with E-state index in [9.17, 15) is 19.5 Å². The summed E-state index contributed by atoms with van der Waals surface area (Å²) in [6, 6.07) is 6.59. The zero-order valence-corrected chi connectivity index (χ0v) is 12.9. The number of anilines is 1. The minimum atomic E-state index is -0.967. The Hall–Kier alpha value is -2.63. The van der Waals surface area contributed by atoms with Gasteiger partial charge in [0, 0.05) is 17.8 Å². The van der Waals surface area contributed by atoms with Crippen LogP contribution in [0.4, 0.5) is 5.69 Å². The number of hydrogen-bond acceptors (Lipinski definition) is 3. The third-order valence-corrected chi connectivity index (χ3v) is 3.82. The second kappa shape index (κ2) is 7.58. The topological polar surface area (TPSA) is 95.5 Å². The molecule has 0 fully saturated rings. The standard InChI is InChI=1S/C17H20N2O4/c1-2-18-15(20)11-6-5-7-12(10-11)19-16(21)13-8-3-4-9-14(13)17(22)23/h3-7,10,13-14H,2,8-9H2,1H3,(H,18,20)(H,19,21)(H,22,23)/t13-,14-/m0/s1. The highest BCUT2D eigenvalue weighted by atomic mass is 16.4. The molecule has 0 radical (unpaired) electrons. The number of hydrogen-bond donors (Lipinski definition) is 3.